The zero-order valence-electron chi connectivity index (χ0n) is 23.1. The van der Waals surface area contributed by atoms with Crippen molar-refractivity contribution in [1.82, 2.24) is 25.0 Å². The van der Waals surface area contributed by atoms with Crippen molar-refractivity contribution < 1.29 is 18.3 Å². The van der Waals surface area contributed by atoms with E-state index in [9.17, 15) is 13.6 Å². The summed E-state index contributed by atoms with van der Waals surface area (Å²) in [5.74, 6) is -1.54. The minimum absolute atomic E-state index is 0.0389. The highest BCUT2D eigenvalue weighted by molar-refractivity contribution is 5.96. The summed E-state index contributed by atoms with van der Waals surface area (Å²) in [4.78, 5) is 21.8. The number of aryl methyl sites for hydroxylation is 1. The minimum Gasteiger partial charge on any atom is -0.494 e. The van der Waals surface area contributed by atoms with E-state index in [1.165, 1.54) is 31.6 Å². The number of halogens is 2. The summed E-state index contributed by atoms with van der Waals surface area (Å²) in [6.45, 7) is 8.18. The van der Waals surface area contributed by atoms with Crippen LogP contribution in [-0.4, -0.2) is 45.8 Å². The number of carbonyl (C=O) groups is 1. The smallest absolute Gasteiger partial charge is 0.251 e. The monoisotopic (exact) mass is 549 g/mol. The molecule has 2 heterocycles. The van der Waals surface area contributed by atoms with E-state index >= 15 is 0 Å². The molecule has 11 heteroatoms. The number of amides is 1. The van der Waals surface area contributed by atoms with Gasteiger partial charge in [0, 0.05) is 47.7 Å². The molecule has 2 aromatic heterocycles. The van der Waals surface area contributed by atoms with E-state index in [4.69, 9.17) is 10.1 Å². The van der Waals surface area contributed by atoms with Gasteiger partial charge in [0.25, 0.3) is 5.91 Å². The van der Waals surface area contributed by atoms with Gasteiger partial charge in [-0.25, -0.2) is 14.4 Å². The Balaban J connectivity index is 1.55. The number of benzene rings is 2. The first-order chi connectivity index (χ1) is 19.1. The maximum absolute atomic E-state index is 14.8. The molecule has 0 saturated heterocycles. The largest absolute Gasteiger partial charge is 0.494 e. The highest BCUT2D eigenvalue weighted by Crippen LogP contribution is 2.31. The van der Waals surface area contributed by atoms with Crippen LogP contribution in [0.4, 0.5) is 20.3 Å². The Morgan fingerprint density at radius 1 is 1.12 bits per heavy atom. The first-order valence-electron chi connectivity index (χ1n) is 13.0. The van der Waals surface area contributed by atoms with Crippen LogP contribution in [0.15, 0.2) is 48.9 Å². The molecule has 0 unspecified atom stereocenters. The van der Waals surface area contributed by atoms with Gasteiger partial charge in [-0.2, -0.15) is 4.39 Å². The molecule has 9 nitrogen and oxygen atoms in total. The van der Waals surface area contributed by atoms with Crippen molar-refractivity contribution >= 4 is 28.9 Å². The lowest BCUT2D eigenvalue weighted by Gasteiger charge is -2.18. The molecule has 4 N–H and O–H groups in total. The Labute approximate surface area is 231 Å². The number of imidazole rings is 1. The van der Waals surface area contributed by atoms with Gasteiger partial charge in [0.05, 0.1) is 24.8 Å². The number of nitrogens with zero attached hydrogens (tertiary/aromatic N) is 3. The molecule has 0 aliphatic rings. The second-order valence-electron chi connectivity index (χ2n) is 9.73. The van der Waals surface area contributed by atoms with Gasteiger partial charge in [0.2, 0.25) is 5.82 Å². The molecule has 0 bridgehead atoms. The number of methoxy groups -OCH3 is 1. The van der Waals surface area contributed by atoms with Crippen molar-refractivity contribution in [3.63, 3.8) is 0 Å². The van der Waals surface area contributed by atoms with E-state index in [0.717, 1.165) is 5.56 Å². The lowest BCUT2D eigenvalue weighted by molar-refractivity contribution is 0.0939. The molecule has 4 aromatic rings. The maximum Gasteiger partial charge on any atom is 0.251 e. The maximum atomic E-state index is 14.8. The van der Waals surface area contributed by atoms with Gasteiger partial charge in [0.1, 0.15) is 0 Å². The molecule has 0 saturated carbocycles. The predicted molar refractivity (Wildman–Crippen MR) is 151 cm³/mol. The standard InChI is InChI=1S/C29H33F2N7O2/c1-6-18-13-19(7-8-20(18)29(39)36-17(4)14-34-26(32)16(2)3)37-27-28-35-15-22(38(28)12-11-33-27)21-9-10-23(40-5)25(31)24(21)30/h7-13,15-17H,6,14H2,1-5H3,(H2,32,34)(H,33,37)(H,36,39)/t17-/m1/s1. The third-order valence-corrected chi connectivity index (χ3v) is 6.52. The number of hydrogen-bond acceptors (Lipinski definition) is 6. The van der Waals surface area contributed by atoms with E-state index in [1.807, 2.05) is 33.8 Å². The molecule has 0 radical (unpaired) electrons. The fourth-order valence-electron chi connectivity index (χ4n) is 4.24. The summed E-state index contributed by atoms with van der Waals surface area (Å²) in [5.41, 5.74) is 2.90. The Hall–Kier alpha value is -4.54. The van der Waals surface area contributed by atoms with Crippen molar-refractivity contribution in [2.75, 3.05) is 19.0 Å². The van der Waals surface area contributed by atoms with Crippen LogP contribution >= 0.6 is 0 Å². The van der Waals surface area contributed by atoms with Crippen molar-refractivity contribution in [2.24, 2.45) is 5.92 Å². The molecule has 1 amide bonds. The summed E-state index contributed by atoms with van der Waals surface area (Å²) < 4.78 is 35.6. The van der Waals surface area contributed by atoms with Gasteiger partial charge in [-0.05, 0) is 49.2 Å². The van der Waals surface area contributed by atoms with Crippen molar-refractivity contribution in [3.05, 3.63) is 71.7 Å². The van der Waals surface area contributed by atoms with E-state index in [2.05, 4.69) is 25.9 Å². The number of fused-ring (bicyclic) bond motifs is 1. The molecule has 2 aromatic carbocycles. The number of carbonyl (C=O) groups excluding carboxylic acids is 1. The topological polar surface area (TPSA) is 116 Å². The first-order valence-corrected chi connectivity index (χ1v) is 13.0. The summed E-state index contributed by atoms with van der Waals surface area (Å²) >= 11 is 0. The Kier molecular flexibility index (Phi) is 8.61. The normalized spacial score (nSPS) is 11.9. The third-order valence-electron chi connectivity index (χ3n) is 6.52. The van der Waals surface area contributed by atoms with Crippen LogP contribution in [-0.2, 0) is 6.42 Å². The van der Waals surface area contributed by atoms with Gasteiger partial charge in [-0.3, -0.25) is 14.6 Å². The van der Waals surface area contributed by atoms with Gasteiger partial charge >= 0.3 is 0 Å². The Morgan fingerprint density at radius 3 is 2.60 bits per heavy atom. The SMILES string of the molecule is CCc1cc(Nc2nccn3c(-c4ccc(OC)c(F)c4F)cnc23)ccc1C(=O)N[C@H](C)CNC(=N)C(C)C. The van der Waals surface area contributed by atoms with Crippen LogP contribution in [0.3, 0.4) is 0 Å². The minimum atomic E-state index is -1.07. The number of nitrogens with one attached hydrogen (secondary N) is 4. The molecule has 1 atom stereocenters. The van der Waals surface area contributed by atoms with E-state index in [-0.39, 0.29) is 29.2 Å². The molecule has 0 aliphatic heterocycles. The van der Waals surface area contributed by atoms with Crippen LogP contribution < -0.4 is 20.7 Å². The number of anilines is 2. The molecule has 210 valence electrons. The van der Waals surface area contributed by atoms with Crippen LogP contribution in [0.2, 0.25) is 0 Å². The van der Waals surface area contributed by atoms with E-state index < -0.39 is 11.6 Å². The predicted octanol–water partition coefficient (Wildman–Crippen LogP) is 5.33. The van der Waals surface area contributed by atoms with Crippen molar-refractivity contribution in [2.45, 2.75) is 40.2 Å². The van der Waals surface area contributed by atoms with Crippen LogP contribution in [0.1, 0.15) is 43.6 Å². The molecule has 0 spiro atoms. The summed E-state index contributed by atoms with van der Waals surface area (Å²) in [5, 5.41) is 17.2. The second kappa shape index (κ2) is 12.1. The average Bonchev–Trinajstić information content (AvgIpc) is 3.37. The van der Waals surface area contributed by atoms with E-state index in [1.54, 1.807) is 22.7 Å². The van der Waals surface area contributed by atoms with E-state index in [0.29, 0.717) is 47.2 Å². The van der Waals surface area contributed by atoms with Crippen molar-refractivity contribution in [3.8, 4) is 17.0 Å². The summed E-state index contributed by atoms with van der Waals surface area (Å²) in [6, 6.07) is 8.04. The van der Waals surface area contributed by atoms with Gasteiger partial charge in [-0.15, -0.1) is 0 Å². The van der Waals surface area contributed by atoms with Crippen molar-refractivity contribution in [1.29, 1.82) is 5.41 Å². The van der Waals surface area contributed by atoms with Crippen LogP contribution in [0, 0.1) is 23.0 Å². The Morgan fingerprint density at radius 2 is 1.90 bits per heavy atom. The molecule has 4 rings (SSSR count). The zero-order valence-corrected chi connectivity index (χ0v) is 23.1. The van der Waals surface area contributed by atoms with Crippen LogP contribution in [0.25, 0.3) is 16.9 Å². The van der Waals surface area contributed by atoms with Gasteiger partial charge in [-0.1, -0.05) is 20.8 Å². The number of hydrogen-bond donors (Lipinski definition) is 4. The molecular weight excluding hydrogens is 516 g/mol. The zero-order chi connectivity index (χ0) is 29.0. The third kappa shape index (κ3) is 5.88. The first kappa shape index (κ1) is 28.5. The molecule has 0 fully saturated rings. The second-order valence-corrected chi connectivity index (χ2v) is 9.73. The van der Waals surface area contributed by atoms with Crippen LogP contribution in [0.5, 0.6) is 5.75 Å². The fraction of sp³-hybridized carbons (Fsp3) is 0.310. The van der Waals surface area contributed by atoms with Gasteiger partial charge < -0.3 is 20.7 Å². The van der Waals surface area contributed by atoms with Gasteiger partial charge in [0.15, 0.2) is 23.0 Å². The highest BCUT2D eigenvalue weighted by atomic mass is 19.2. The summed E-state index contributed by atoms with van der Waals surface area (Å²) in [6.07, 6.45) is 5.23. The quantitative estimate of drug-likeness (QED) is 0.157. The molecule has 0 aliphatic carbocycles. The lowest BCUT2D eigenvalue weighted by Crippen LogP contribution is -2.42. The summed E-state index contributed by atoms with van der Waals surface area (Å²) in [7, 11) is 1.28. The average molecular weight is 550 g/mol. The number of ether oxygens (including phenoxy) is 1. The lowest BCUT2D eigenvalue weighted by atomic mass is 10.0. The number of rotatable bonds is 10. The molecule has 40 heavy (non-hydrogen) atoms. The Bertz CT molecular complexity index is 1550. The highest BCUT2D eigenvalue weighted by Gasteiger charge is 2.20. The molecular formula is C29H33F2N7O2. The fourth-order valence-corrected chi connectivity index (χ4v) is 4.24. The number of aromatic nitrogens is 3. The number of amidine groups is 1.